The van der Waals surface area contributed by atoms with Crippen molar-refractivity contribution in [3.05, 3.63) is 24.3 Å². The van der Waals surface area contributed by atoms with E-state index in [1.165, 1.54) is 0 Å². The molecule has 0 aliphatic carbocycles. The molecule has 0 radical (unpaired) electrons. The highest BCUT2D eigenvalue weighted by Crippen LogP contribution is 2.31. The SMILES string of the molecule is CN=C(NCCNC(C)(C)C)NC1CCN(c2ccccc2OC(F)F)C1.I. The first-order chi connectivity index (χ1) is 12.8. The standard InChI is InChI=1S/C19H31F2N5O.HI/c1-19(2,3)24-11-10-23-18(22-4)25-14-9-12-26(13-14)15-7-5-6-8-16(15)27-17(20)21;/h5-8,14,17,24H,9-13H2,1-4H3,(H2,22,23,25);1H. The first-order valence-corrected chi connectivity index (χ1v) is 9.29. The van der Waals surface area contributed by atoms with E-state index in [-0.39, 0.29) is 41.3 Å². The lowest BCUT2D eigenvalue weighted by molar-refractivity contribution is -0.0495. The fourth-order valence-corrected chi connectivity index (χ4v) is 3.02. The molecular formula is C19H32F2IN5O. The minimum atomic E-state index is -2.83. The van der Waals surface area contributed by atoms with E-state index in [0.717, 1.165) is 32.0 Å². The lowest BCUT2D eigenvalue weighted by atomic mass is 10.1. The van der Waals surface area contributed by atoms with E-state index in [0.29, 0.717) is 12.2 Å². The van der Waals surface area contributed by atoms with E-state index < -0.39 is 6.61 Å². The summed E-state index contributed by atoms with van der Waals surface area (Å²) in [4.78, 5) is 6.32. The van der Waals surface area contributed by atoms with Crippen LogP contribution >= 0.6 is 24.0 Å². The van der Waals surface area contributed by atoms with Gasteiger partial charge in [0.2, 0.25) is 0 Å². The van der Waals surface area contributed by atoms with Crippen LogP contribution in [0.15, 0.2) is 29.3 Å². The summed E-state index contributed by atoms with van der Waals surface area (Å²) >= 11 is 0. The molecule has 0 saturated carbocycles. The Labute approximate surface area is 183 Å². The molecule has 1 aliphatic rings. The Hall–Kier alpha value is -1.36. The number of hydrogen-bond acceptors (Lipinski definition) is 4. The van der Waals surface area contributed by atoms with Crippen LogP contribution in [-0.4, -0.2) is 57.4 Å². The topological polar surface area (TPSA) is 60.9 Å². The molecule has 0 bridgehead atoms. The number of halogens is 3. The molecule has 28 heavy (non-hydrogen) atoms. The molecule has 6 nitrogen and oxygen atoms in total. The van der Waals surface area contributed by atoms with Gasteiger partial charge in [-0.05, 0) is 39.3 Å². The van der Waals surface area contributed by atoms with E-state index in [9.17, 15) is 8.78 Å². The quantitative estimate of drug-likeness (QED) is 0.228. The molecule has 1 fully saturated rings. The van der Waals surface area contributed by atoms with Gasteiger partial charge in [-0.15, -0.1) is 24.0 Å². The van der Waals surface area contributed by atoms with Crippen molar-refractivity contribution in [3.63, 3.8) is 0 Å². The maximum absolute atomic E-state index is 12.6. The van der Waals surface area contributed by atoms with Crippen molar-refractivity contribution in [2.75, 3.05) is 38.1 Å². The van der Waals surface area contributed by atoms with Gasteiger partial charge in [-0.1, -0.05) is 12.1 Å². The van der Waals surface area contributed by atoms with Crippen LogP contribution in [0.4, 0.5) is 14.5 Å². The van der Waals surface area contributed by atoms with Gasteiger partial charge in [-0.3, -0.25) is 4.99 Å². The van der Waals surface area contributed by atoms with Crippen LogP contribution < -0.4 is 25.6 Å². The van der Waals surface area contributed by atoms with E-state index >= 15 is 0 Å². The van der Waals surface area contributed by atoms with Crippen molar-refractivity contribution in [1.29, 1.82) is 0 Å². The van der Waals surface area contributed by atoms with E-state index in [1.807, 2.05) is 12.1 Å². The second kappa shape index (κ2) is 11.6. The molecular weight excluding hydrogens is 479 g/mol. The number of benzene rings is 1. The van der Waals surface area contributed by atoms with Crippen LogP contribution in [0.5, 0.6) is 5.75 Å². The number of nitrogens with zero attached hydrogens (tertiary/aromatic N) is 2. The third-order valence-electron chi connectivity index (χ3n) is 4.25. The molecule has 2 rings (SSSR count). The van der Waals surface area contributed by atoms with Gasteiger partial charge in [0.05, 0.1) is 5.69 Å². The van der Waals surface area contributed by atoms with Crippen LogP contribution in [-0.2, 0) is 0 Å². The molecule has 9 heteroatoms. The predicted octanol–water partition coefficient (Wildman–Crippen LogP) is 3.04. The number of nitrogens with one attached hydrogen (secondary N) is 3. The van der Waals surface area contributed by atoms with E-state index in [1.54, 1.807) is 19.2 Å². The molecule has 1 saturated heterocycles. The number of guanidine groups is 1. The van der Waals surface area contributed by atoms with Crippen molar-refractivity contribution in [2.45, 2.75) is 45.4 Å². The van der Waals surface area contributed by atoms with Crippen molar-refractivity contribution >= 4 is 35.6 Å². The number of alkyl halides is 2. The highest BCUT2D eigenvalue weighted by Gasteiger charge is 2.26. The summed E-state index contributed by atoms with van der Waals surface area (Å²) in [6.45, 7) is 6.62. The minimum absolute atomic E-state index is 0. The van der Waals surface area contributed by atoms with Gasteiger partial charge in [-0.25, -0.2) is 0 Å². The third kappa shape index (κ3) is 8.34. The zero-order valence-electron chi connectivity index (χ0n) is 17.0. The monoisotopic (exact) mass is 511 g/mol. The average Bonchev–Trinajstić information content (AvgIpc) is 3.05. The molecule has 0 amide bonds. The predicted molar refractivity (Wildman–Crippen MR) is 121 cm³/mol. The number of ether oxygens (including phenoxy) is 1. The third-order valence-corrected chi connectivity index (χ3v) is 4.25. The van der Waals surface area contributed by atoms with Crippen LogP contribution in [0.2, 0.25) is 0 Å². The average molecular weight is 511 g/mol. The Balaban J connectivity index is 0.00000392. The van der Waals surface area contributed by atoms with Gasteiger partial charge >= 0.3 is 6.61 Å². The van der Waals surface area contributed by atoms with Crippen molar-refractivity contribution in [1.82, 2.24) is 16.0 Å². The highest BCUT2D eigenvalue weighted by atomic mass is 127. The summed E-state index contributed by atoms with van der Waals surface area (Å²) < 4.78 is 29.9. The molecule has 160 valence electrons. The largest absolute Gasteiger partial charge is 0.433 e. The van der Waals surface area contributed by atoms with Gasteiger partial charge in [0.25, 0.3) is 0 Å². The van der Waals surface area contributed by atoms with E-state index in [2.05, 4.69) is 51.4 Å². The molecule has 1 heterocycles. The summed E-state index contributed by atoms with van der Waals surface area (Å²) in [7, 11) is 1.74. The summed E-state index contributed by atoms with van der Waals surface area (Å²) in [5, 5.41) is 10.1. The molecule has 1 unspecified atom stereocenters. The van der Waals surface area contributed by atoms with Gasteiger partial charge in [0.15, 0.2) is 5.96 Å². The number of para-hydroxylation sites is 2. The smallest absolute Gasteiger partial charge is 0.387 e. The molecule has 3 N–H and O–H groups in total. The second-order valence-corrected chi connectivity index (χ2v) is 7.60. The molecule has 1 aromatic carbocycles. The minimum Gasteiger partial charge on any atom is -0.433 e. The fraction of sp³-hybridized carbons (Fsp3) is 0.632. The Morgan fingerprint density at radius 1 is 1.29 bits per heavy atom. The summed E-state index contributed by atoms with van der Waals surface area (Å²) in [5.41, 5.74) is 0.776. The van der Waals surface area contributed by atoms with Crippen molar-refractivity contribution in [3.8, 4) is 5.75 Å². The summed E-state index contributed by atoms with van der Waals surface area (Å²) in [6, 6.07) is 7.10. The van der Waals surface area contributed by atoms with Crippen LogP contribution in [0.3, 0.4) is 0 Å². The van der Waals surface area contributed by atoms with Gasteiger partial charge in [0.1, 0.15) is 5.75 Å². The lowest BCUT2D eigenvalue weighted by Gasteiger charge is -2.23. The Kier molecular flexibility index (Phi) is 10.2. The number of aliphatic imine (C=N–C) groups is 1. The fourth-order valence-electron chi connectivity index (χ4n) is 3.02. The lowest BCUT2D eigenvalue weighted by Crippen LogP contribution is -2.47. The van der Waals surface area contributed by atoms with Crippen molar-refractivity contribution in [2.24, 2.45) is 4.99 Å². The van der Waals surface area contributed by atoms with Gasteiger partial charge in [-0.2, -0.15) is 8.78 Å². The first kappa shape index (κ1) is 24.7. The molecule has 1 atom stereocenters. The Bertz CT molecular complexity index is 625. The van der Waals surface area contributed by atoms with Crippen molar-refractivity contribution < 1.29 is 13.5 Å². The van der Waals surface area contributed by atoms with E-state index in [4.69, 9.17) is 0 Å². The molecule has 1 aliphatic heterocycles. The summed E-state index contributed by atoms with van der Waals surface area (Å²) in [5.74, 6) is 0.957. The van der Waals surface area contributed by atoms with Crippen LogP contribution in [0.1, 0.15) is 27.2 Å². The van der Waals surface area contributed by atoms with Crippen LogP contribution in [0, 0.1) is 0 Å². The first-order valence-electron chi connectivity index (χ1n) is 9.29. The normalized spacial score (nSPS) is 17.5. The number of rotatable bonds is 7. The Morgan fingerprint density at radius 2 is 2.00 bits per heavy atom. The Morgan fingerprint density at radius 3 is 2.64 bits per heavy atom. The van der Waals surface area contributed by atoms with Gasteiger partial charge < -0.3 is 25.6 Å². The molecule has 0 spiro atoms. The second-order valence-electron chi connectivity index (χ2n) is 7.60. The molecule has 0 aromatic heterocycles. The maximum atomic E-state index is 12.6. The number of anilines is 1. The molecule has 1 aromatic rings. The van der Waals surface area contributed by atoms with Crippen LogP contribution in [0.25, 0.3) is 0 Å². The maximum Gasteiger partial charge on any atom is 0.387 e. The number of hydrogen-bond donors (Lipinski definition) is 3. The highest BCUT2D eigenvalue weighted by molar-refractivity contribution is 14.0. The van der Waals surface area contributed by atoms with Gasteiger partial charge in [0, 0.05) is 44.8 Å². The zero-order valence-corrected chi connectivity index (χ0v) is 19.3. The zero-order chi connectivity index (χ0) is 19.9. The summed E-state index contributed by atoms with van der Waals surface area (Å²) in [6.07, 6.45) is 0.893.